The summed E-state index contributed by atoms with van der Waals surface area (Å²) in [5.74, 6) is 1.88. The lowest BCUT2D eigenvalue weighted by molar-refractivity contribution is -0.114. The SMILES string of the molecule is Cc1ccccc1C1C2=C(CC(=O)C=C2)Oc2ccccc21. The molecule has 0 saturated heterocycles. The fourth-order valence-electron chi connectivity index (χ4n) is 3.31. The molecule has 0 saturated carbocycles. The Morgan fingerprint density at radius 1 is 0.955 bits per heavy atom. The van der Waals surface area contributed by atoms with Crippen molar-refractivity contribution in [2.45, 2.75) is 19.3 Å². The van der Waals surface area contributed by atoms with E-state index in [-0.39, 0.29) is 11.7 Å². The van der Waals surface area contributed by atoms with Crippen LogP contribution >= 0.6 is 0 Å². The number of para-hydroxylation sites is 1. The van der Waals surface area contributed by atoms with Crippen LogP contribution < -0.4 is 4.74 Å². The van der Waals surface area contributed by atoms with Crippen LogP contribution in [0.25, 0.3) is 0 Å². The molecule has 1 unspecified atom stereocenters. The molecule has 2 aromatic rings. The Balaban J connectivity index is 1.95. The topological polar surface area (TPSA) is 26.3 Å². The Bertz CT molecular complexity index is 827. The predicted molar refractivity (Wildman–Crippen MR) is 85.9 cm³/mol. The van der Waals surface area contributed by atoms with E-state index in [1.165, 1.54) is 11.1 Å². The van der Waals surface area contributed by atoms with E-state index < -0.39 is 0 Å². The Morgan fingerprint density at radius 2 is 1.68 bits per heavy atom. The molecule has 108 valence electrons. The highest BCUT2D eigenvalue weighted by molar-refractivity contribution is 5.93. The number of ether oxygens (including phenoxy) is 1. The fourth-order valence-corrected chi connectivity index (χ4v) is 3.31. The lowest BCUT2D eigenvalue weighted by Crippen LogP contribution is -2.20. The van der Waals surface area contributed by atoms with E-state index in [4.69, 9.17) is 4.74 Å². The van der Waals surface area contributed by atoms with E-state index in [9.17, 15) is 4.79 Å². The molecule has 1 aliphatic heterocycles. The number of carbonyl (C=O) groups is 1. The van der Waals surface area contributed by atoms with Crippen LogP contribution in [-0.4, -0.2) is 5.78 Å². The van der Waals surface area contributed by atoms with Crippen molar-refractivity contribution in [1.29, 1.82) is 0 Å². The van der Waals surface area contributed by atoms with Crippen LogP contribution in [0.15, 0.2) is 72.0 Å². The lowest BCUT2D eigenvalue weighted by Gasteiger charge is -2.31. The zero-order valence-corrected chi connectivity index (χ0v) is 12.4. The number of benzene rings is 2. The third kappa shape index (κ3) is 2.00. The number of allylic oxidation sites excluding steroid dienone is 4. The van der Waals surface area contributed by atoms with Gasteiger partial charge in [0.2, 0.25) is 0 Å². The van der Waals surface area contributed by atoms with Crippen LogP contribution in [0.4, 0.5) is 0 Å². The van der Waals surface area contributed by atoms with Gasteiger partial charge in [-0.1, -0.05) is 48.5 Å². The molecule has 0 fully saturated rings. The van der Waals surface area contributed by atoms with Crippen LogP contribution in [0.5, 0.6) is 5.75 Å². The summed E-state index contributed by atoms with van der Waals surface area (Å²) in [7, 11) is 0. The summed E-state index contributed by atoms with van der Waals surface area (Å²) in [4.78, 5) is 11.7. The summed E-state index contributed by atoms with van der Waals surface area (Å²) in [6.45, 7) is 2.13. The molecule has 2 nitrogen and oxygen atoms in total. The molecule has 1 heterocycles. The number of hydrogen-bond donors (Lipinski definition) is 0. The highest BCUT2D eigenvalue weighted by atomic mass is 16.5. The molecule has 0 aromatic heterocycles. The number of aryl methyl sites for hydroxylation is 1. The van der Waals surface area contributed by atoms with Gasteiger partial charge in [-0.2, -0.15) is 0 Å². The van der Waals surface area contributed by atoms with Gasteiger partial charge in [0.25, 0.3) is 0 Å². The standard InChI is InChI=1S/C20H16O2/c1-13-6-2-3-7-15(13)20-16-8-4-5-9-18(16)22-19-12-14(21)10-11-17(19)20/h2-11,20H,12H2,1H3. The van der Waals surface area contributed by atoms with Gasteiger partial charge in [-0.05, 0) is 30.2 Å². The molecule has 2 aliphatic rings. The Kier molecular flexibility index (Phi) is 2.97. The highest BCUT2D eigenvalue weighted by Gasteiger charge is 2.32. The van der Waals surface area contributed by atoms with Gasteiger partial charge in [0.15, 0.2) is 5.78 Å². The van der Waals surface area contributed by atoms with Gasteiger partial charge in [0.1, 0.15) is 11.5 Å². The maximum Gasteiger partial charge on any atom is 0.163 e. The Morgan fingerprint density at radius 3 is 2.50 bits per heavy atom. The van der Waals surface area contributed by atoms with Gasteiger partial charge in [-0.25, -0.2) is 0 Å². The summed E-state index contributed by atoms with van der Waals surface area (Å²) >= 11 is 0. The molecular weight excluding hydrogens is 272 g/mol. The minimum absolute atomic E-state index is 0.0988. The first-order valence-corrected chi connectivity index (χ1v) is 7.50. The van der Waals surface area contributed by atoms with Crippen molar-refractivity contribution >= 4 is 5.78 Å². The fraction of sp³-hybridized carbons (Fsp3) is 0.150. The van der Waals surface area contributed by atoms with E-state index in [1.54, 1.807) is 6.08 Å². The number of carbonyl (C=O) groups excluding carboxylic acids is 1. The zero-order chi connectivity index (χ0) is 15.1. The van der Waals surface area contributed by atoms with Crippen LogP contribution in [0.2, 0.25) is 0 Å². The summed E-state index contributed by atoms with van der Waals surface area (Å²) in [5, 5.41) is 0. The van der Waals surface area contributed by atoms with Gasteiger partial charge >= 0.3 is 0 Å². The van der Waals surface area contributed by atoms with Crippen molar-refractivity contribution in [3.63, 3.8) is 0 Å². The van der Waals surface area contributed by atoms with Crippen molar-refractivity contribution in [3.8, 4) is 5.75 Å². The van der Waals surface area contributed by atoms with Crippen molar-refractivity contribution in [2.75, 3.05) is 0 Å². The van der Waals surface area contributed by atoms with Gasteiger partial charge in [0, 0.05) is 17.1 Å². The maximum absolute atomic E-state index is 11.7. The third-order valence-corrected chi connectivity index (χ3v) is 4.38. The molecule has 0 bridgehead atoms. The van der Waals surface area contributed by atoms with E-state index in [0.29, 0.717) is 6.42 Å². The Labute approximate surface area is 129 Å². The summed E-state index contributed by atoms with van der Waals surface area (Å²) < 4.78 is 6.01. The minimum Gasteiger partial charge on any atom is -0.461 e. The summed E-state index contributed by atoms with van der Waals surface area (Å²) in [6.07, 6.45) is 3.94. The van der Waals surface area contributed by atoms with E-state index >= 15 is 0 Å². The van der Waals surface area contributed by atoms with Crippen molar-refractivity contribution in [1.82, 2.24) is 0 Å². The van der Waals surface area contributed by atoms with E-state index in [0.717, 1.165) is 22.6 Å². The van der Waals surface area contributed by atoms with E-state index in [2.05, 4.69) is 37.3 Å². The molecule has 1 atom stereocenters. The molecule has 0 amide bonds. The third-order valence-electron chi connectivity index (χ3n) is 4.38. The lowest BCUT2D eigenvalue weighted by atomic mass is 9.78. The largest absolute Gasteiger partial charge is 0.461 e. The maximum atomic E-state index is 11.7. The van der Waals surface area contributed by atoms with Gasteiger partial charge in [-0.15, -0.1) is 0 Å². The van der Waals surface area contributed by atoms with Gasteiger partial charge in [0.05, 0.1) is 6.42 Å². The molecule has 2 aromatic carbocycles. The number of hydrogen-bond acceptors (Lipinski definition) is 2. The highest BCUT2D eigenvalue weighted by Crippen LogP contribution is 2.45. The summed E-state index contributed by atoms with van der Waals surface area (Å²) in [5.41, 5.74) is 4.79. The molecule has 1 aliphatic carbocycles. The molecule has 0 N–H and O–H groups in total. The van der Waals surface area contributed by atoms with E-state index in [1.807, 2.05) is 24.3 Å². The number of ketones is 1. The minimum atomic E-state index is 0.0988. The second-order valence-electron chi connectivity index (χ2n) is 5.78. The first-order chi connectivity index (χ1) is 10.7. The van der Waals surface area contributed by atoms with Crippen molar-refractivity contribution in [3.05, 3.63) is 88.7 Å². The van der Waals surface area contributed by atoms with Crippen LogP contribution in [0, 0.1) is 6.92 Å². The average Bonchev–Trinajstić information content (AvgIpc) is 2.53. The quantitative estimate of drug-likeness (QED) is 0.782. The second-order valence-corrected chi connectivity index (χ2v) is 5.78. The van der Waals surface area contributed by atoms with Crippen LogP contribution in [-0.2, 0) is 4.79 Å². The van der Waals surface area contributed by atoms with Gasteiger partial charge < -0.3 is 4.74 Å². The normalized spacial score (nSPS) is 19.5. The predicted octanol–water partition coefficient (Wildman–Crippen LogP) is 4.30. The first-order valence-electron chi connectivity index (χ1n) is 7.50. The molecule has 22 heavy (non-hydrogen) atoms. The molecule has 0 radical (unpaired) electrons. The zero-order valence-electron chi connectivity index (χ0n) is 12.4. The first kappa shape index (κ1) is 13.1. The number of rotatable bonds is 1. The van der Waals surface area contributed by atoms with Crippen LogP contribution in [0.3, 0.4) is 0 Å². The number of fused-ring (bicyclic) bond motifs is 1. The molecular formula is C20H16O2. The summed E-state index contributed by atoms with van der Waals surface area (Å²) in [6, 6.07) is 16.5. The molecule has 0 spiro atoms. The van der Waals surface area contributed by atoms with Crippen LogP contribution in [0.1, 0.15) is 29.0 Å². The van der Waals surface area contributed by atoms with Gasteiger partial charge in [-0.3, -0.25) is 4.79 Å². The van der Waals surface area contributed by atoms with Crippen molar-refractivity contribution in [2.24, 2.45) is 0 Å². The monoisotopic (exact) mass is 288 g/mol. The molecule has 4 rings (SSSR count). The smallest absolute Gasteiger partial charge is 0.163 e. The van der Waals surface area contributed by atoms with Crippen molar-refractivity contribution < 1.29 is 9.53 Å². The second kappa shape index (κ2) is 4.99. The average molecular weight is 288 g/mol. The molecule has 2 heteroatoms. The Hall–Kier alpha value is -2.61.